The van der Waals surface area contributed by atoms with E-state index in [-0.39, 0.29) is 18.4 Å². The highest BCUT2D eigenvalue weighted by Gasteiger charge is 2.30. The van der Waals surface area contributed by atoms with Crippen LogP contribution in [0.1, 0.15) is 37.5 Å². The van der Waals surface area contributed by atoms with Gasteiger partial charge in [-0.05, 0) is 49.9 Å². The Morgan fingerprint density at radius 2 is 1.65 bits per heavy atom. The Morgan fingerprint density at radius 3 is 2.18 bits per heavy atom. The monoisotopic (exact) mass is 507 g/mol. The van der Waals surface area contributed by atoms with Crippen molar-refractivity contribution in [3.8, 4) is 0 Å². The predicted octanol–water partition coefficient (Wildman–Crippen LogP) is 3.91. The summed E-state index contributed by atoms with van der Waals surface area (Å²) < 4.78 is 26.2. The topological polar surface area (TPSA) is 86.8 Å². The number of halogens is 1. The lowest BCUT2D eigenvalue weighted by molar-refractivity contribution is -0.139. The fourth-order valence-corrected chi connectivity index (χ4v) is 4.29. The van der Waals surface area contributed by atoms with Crippen molar-refractivity contribution in [3.63, 3.8) is 0 Å². The predicted molar refractivity (Wildman–Crippen MR) is 137 cm³/mol. The molecule has 0 heterocycles. The number of amides is 2. The maximum absolute atomic E-state index is 13.5. The van der Waals surface area contributed by atoms with Gasteiger partial charge in [0.25, 0.3) is 0 Å². The molecule has 2 aromatic carbocycles. The number of sulfonamides is 1. The molecule has 34 heavy (non-hydrogen) atoms. The molecule has 0 aliphatic carbocycles. The van der Waals surface area contributed by atoms with Gasteiger partial charge in [0.1, 0.15) is 12.6 Å². The van der Waals surface area contributed by atoms with E-state index in [4.69, 9.17) is 11.6 Å². The maximum Gasteiger partial charge on any atom is 0.244 e. The Labute approximate surface area is 208 Å². The van der Waals surface area contributed by atoms with Gasteiger partial charge in [0.2, 0.25) is 21.8 Å². The van der Waals surface area contributed by atoms with Crippen molar-refractivity contribution in [2.75, 3.05) is 23.7 Å². The first-order valence-electron chi connectivity index (χ1n) is 11.2. The van der Waals surface area contributed by atoms with Gasteiger partial charge in [-0.25, -0.2) is 8.42 Å². The lowest BCUT2D eigenvalue weighted by Crippen LogP contribution is -2.51. The van der Waals surface area contributed by atoms with E-state index < -0.39 is 28.5 Å². The summed E-state index contributed by atoms with van der Waals surface area (Å²) in [7, 11) is -3.80. The summed E-state index contributed by atoms with van der Waals surface area (Å²) in [5, 5.41) is 3.26. The molecule has 1 atom stereocenters. The molecule has 1 N–H and O–H groups in total. The Balaban J connectivity index is 2.37. The standard InChI is InChI=1S/C25H34ClN3O4S/c1-17(2)14-27-25(31)20(5)28(15-21-10-7-18(3)8-11-21)24(30)16-29(34(6,32)33)22-12-9-19(4)23(26)13-22/h7-13,17,20H,14-16H2,1-6H3,(H,27,31)/t20-/m0/s1. The SMILES string of the molecule is Cc1ccc(CN(C(=O)CN(c2ccc(C)c(Cl)c2)S(C)(=O)=O)[C@@H](C)C(=O)NCC(C)C)cc1. The molecule has 0 aromatic heterocycles. The Bertz CT molecular complexity index is 1120. The van der Waals surface area contributed by atoms with Crippen molar-refractivity contribution >= 4 is 39.1 Å². The lowest BCUT2D eigenvalue weighted by atomic mass is 10.1. The zero-order valence-corrected chi connectivity index (χ0v) is 22.2. The molecule has 186 valence electrons. The lowest BCUT2D eigenvalue weighted by Gasteiger charge is -2.31. The van der Waals surface area contributed by atoms with Crippen molar-refractivity contribution in [3.05, 3.63) is 64.2 Å². The number of nitrogens with one attached hydrogen (secondary N) is 1. The number of carbonyl (C=O) groups excluding carboxylic acids is 2. The van der Waals surface area contributed by atoms with Crippen LogP contribution in [0, 0.1) is 19.8 Å². The van der Waals surface area contributed by atoms with Crippen LogP contribution >= 0.6 is 11.6 Å². The van der Waals surface area contributed by atoms with Crippen LogP contribution in [0.4, 0.5) is 5.69 Å². The minimum Gasteiger partial charge on any atom is -0.354 e. The molecular weight excluding hydrogens is 474 g/mol. The van der Waals surface area contributed by atoms with Crippen LogP contribution in [0.15, 0.2) is 42.5 Å². The molecule has 0 aliphatic heterocycles. The van der Waals surface area contributed by atoms with Crippen molar-refractivity contribution in [1.82, 2.24) is 10.2 Å². The summed E-state index contributed by atoms with van der Waals surface area (Å²) in [5.74, 6) is -0.530. The molecule has 0 saturated heterocycles. The maximum atomic E-state index is 13.5. The molecule has 0 radical (unpaired) electrons. The average Bonchev–Trinajstić information content (AvgIpc) is 2.76. The van der Waals surface area contributed by atoms with Gasteiger partial charge >= 0.3 is 0 Å². The number of benzene rings is 2. The van der Waals surface area contributed by atoms with Crippen LogP contribution in [0.5, 0.6) is 0 Å². The number of hydrogen-bond acceptors (Lipinski definition) is 4. The molecule has 2 amide bonds. The summed E-state index contributed by atoms with van der Waals surface area (Å²) in [6, 6.07) is 11.7. The van der Waals surface area contributed by atoms with E-state index in [1.165, 1.54) is 11.0 Å². The normalized spacial score (nSPS) is 12.4. The van der Waals surface area contributed by atoms with Crippen molar-refractivity contribution in [2.45, 2.75) is 47.2 Å². The molecule has 9 heteroatoms. The average molecular weight is 508 g/mol. The highest BCUT2D eigenvalue weighted by molar-refractivity contribution is 7.92. The smallest absolute Gasteiger partial charge is 0.244 e. The number of aryl methyl sites for hydroxylation is 2. The summed E-state index contributed by atoms with van der Waals surface area (Å²) in [5.41, 5.74) is 3.00. The number of nitrogens with zero attached hydrogens (tertiary/aromatic N) is 2. The van der Waals surface area contributed by atoms with Gasteiger partial charge in [-0.15, -0.1) is 0 Å². The first-order valence-corrected chi connectivity index (χ1v) is 13.4. The first-order chi connectivity index (χ1) is 15.8. The highest BCUT2D eigenvalue weighted by atomic mass is 35.5. The highest BCUT2D eigenvalue weighted by Crippen LogP contribution is 2.25. The second-order valence-electron chi connectivity index (χ2n) is 9.03. The van der Waals surface area contributed by atoms with Crippen LogP contribution in [-0.4, -0.2) is 50.5 Å². The molecular formula is C25H34ClN3O4S. The fourth-order valence-electron chi connectivity index (χ4n) is 3.28. The van der Waals surface area contributed by atoms with E-state index in [1.807, 2.05) is 52.0 Å². The van der Waals surface area contributed by atoms with Gasteiger partial charge in [-0.3, -0.25) is 13.9 Å². The Hall–Kier alpha value is -2.58. The van der Waals surface area contributed by atoms with Crippen LogP contribution < -0.4 is 9.62 Å². The van der Waals surface area contributed by atoms with Gasteiger partial charge < -0.3 is 10.2 Å². The van der Waals surface area contributed by atoms with E-state index in [9.17, 15) is 18.0 Å². The molecule has 0 aliphatic rings. The number of rotatable bonds is 10. The van der Waals surface area contributed by atoms with Crippen molar-refractivity contribution < 1.29 is 18.0 Å². The molecule has 0 bridgehead atoms. The van der Waals surface area contributed by atoms with E-state index in [0.717, 1.165) is 27.3 Å². The minimum absolute atomic E-state index is 0.168. The third kappa shape index (κ3) is 7.74. The van der Waals surface area contributed by atoms with Gasteiger partial charge in [0.15, 0.2) is 0 Å². The van der Waals surface area contributed by atoms with Crippen LogP contribution in [-0.2, 0) is 26.2 Å². The van der Waals surface area contributed by atoms with Gasteiger partial charge in [-0.1, -0.05) is 61.3 Å². The van der Waals surface area contributed by atoms with Gasteiger partial charge in [0, 0.05) is 18.1 Å². The van der Waals surface area contributed by atoms with Crippen molar-refractivity contribution in [2.24, 2.45) is 5.92 Å². The number of hydrogen-bond donors (Lipinski definition) is 1. The summed E-state index contributed by atoms with van der Waals surface area (Å²) in [4.78, 5) is 27.7. The third-order valence-electron chi connectivity index (χ3n) is 5.45. The van der Waals surface area contributed by atoms with Crippen LogP contribution in [0.2, 0.25) is 5.02 Å². The number of anilines is 1. The molecule has 0 unspecified atom stereocenters. The van der Waals surface area contributed by atoms with E-state index >= 15 is 0 Å². The van der Waals surface area contributed by atoms with Crippen LogP contribution in [0.25, 0.3) is 0 Å². The quantitative estimate of drug-likeness (QED) is 0.528. The second kappa shape index (κ2) is 11.7. The largest absolute Gasteiger partial charge is 0.354 e. The van der Waals surface area contributed by atoms with Crippen molar-refractivity contribution in [1.29, 1.82) is 0 Å². The Kier molecular flexibility index (Phi) is 9.53. The van der Waals surface area contributed by atoms with E-state index in [1.54, 1.807) is 19.1 Å². The van der Waals surface area contributed by atoms with Crippen LogP contribution in [0.3, 0.4) is 0 Å². The number of carbonyl (C=O) groups is 2. The first kappa shape index (κ1) is 27.7. The van der Waals surface area contributed by atoms with E-state index in [2.05, 4.69) is 5.32 Å². The van der Waals surface area contributed by atoms with E-state index in [0.29, 0.717) is 17.3 Å². The summed E-state index contributed by atoms with van der Waals surface area (Å²) in [6.07, 6.45) is 1.04. The van der Waals surface area contributed by atoms with Gasteiger partial charge in [-0.2, -0.15) is 0 Å². The second-order valence-corrected chi connectivity index (χ2v) is 11.3. The zero-order valence-electron chi connectivity index (χ0n) is 20.6. The van der Waals surface area contributed by atoms with Gasteiger partial charge in [0.05, 0.1) is 11.9 Å². The third-order valence-corrected chi connectivity index (χ3v) is 7.00. The summed E-state index contributed by atoms with van der Waals surface area (Å²) >= 11 is 6.21. The molecule has 2 rings (SSSR count). The molecule has 7 nitrogen and oxygen atoms in total. The molecule has 2 aromatic rings. The summed E-state index contributed by atoms with van der Waals surface area (Å²) in [6.45, 7) is 9.58. The molecule has 0 fully saturated rings. The minimum atomic E-state index is -3.80. The molecule has 0 saturated carbocycles. The zero-order chi connectivity index (χ0) is 25.6. The Morgan fingerprint density at radius 1 is 1.03 bits per heavy atom. The molecule has 0 spiro atoms. The fraction of sp³-hybridized carbons (Fsp3) is 0.440.